The van der Waals surface area contributed by atoms with Crippen molar-refractivity contribution in [2.75, 3.05) is 5.32 Å². The summed E-state index contributed by atoms with van der Waals surface area (Å²) in [4.78, 5) is 12.1. The van der Waals surface area contributed by atoms with Gasteiger partial charge in [0.25, 0.3) is 5.91 Å². The van der Waals surface area contributed by atoms with Crippen LogP contribution in [0.2, 0.25) is 0 Å². The van der Waals surface area contributed by atoms with Crippen molar-refractivity contribution in [2.24, 2.45) is 7.05 Å². The van der Waals surface area contributed by atoms with Gasteiger partial charge < -0.3 is 5.32 Å². The molecule has 1 N–H and O–H groups in total. The molecule has 5 heteroatoms. The lowest BCUT2D eigenvalue weighted by molar-refractivity contribution is 0.102. The molecule has 106 valence electrons. The summed E-state index contributed by atoms with van der Waals surface area (Å²) >= 11 is 0. The molecule has 0 saturated heterocycles. The van der Waals surface area contributed by atoms with Crippen LogP contribution in [0.5, 0.6) is 0 Å². The summed E-state index contributed by atoms with van der Waals surface area (Å²) in [6.07, 6.45) is 0. The van der Waals surface area contributed by atoms with Crippen molar-refractivity contribution < 1.29 is 9.18 Å². The second-order valence-corrected chi connectivity index (χ2v) is 5.75. The largest absolute Gasteiger partial charge is 0.307 e. The summed E-state index contributed by atoms with van der Waals surface area (Å²) in [5, 5.41) is 7.12. The number of rotatable bonds is 2. The molecule has 1 amide bonds. The minimum Gasteiger partial charge on any atom is -0.307 e. The van der Waals surface area contributed by atoms with E-state index >= 15 is 0 Å². The fourth-order valence-corrected chi connectivity index (χ4v) is 1.77. The SMILES string of the molecule is Cn1nc(C(C)(C)C)cc1NC(=O)c1cccc(F)c1. The lowest BCUT2D eigenvalue weighted by Gasteiger charge is -2.13. The van der Waals surface area contributed by atoms with Crippen molar-refractivity contribution in [2.45, 2.75) is 26.2 Å². The Bertz CT molecular complexity index is 641. The number of aryl methyl sites for hydroxylation is 1. The molecular weight excluding hydrogens is 257 g/mol. The van der Waals surface area contributed by atoms with Crippen LogP contribution in [0.3, 0.4) is 0 Å². The van der Waals surface area contributed by atoms with Gasteiger partial charge >= 0.3 is 0 Å². The summed E-state index contributed by atoms with van der Waals surface area (Å²) in [7, 11) is 1.76. The average Bonchev–Trinajstić information content (AvgIpc) is 2.71. The van der Waals surface area contributed by atoms with Crippen molar-refractivity contribution >= 4 is 11.7 Å². The van der Waals surface area contributed by atoms with E-state index in [1.165, 1.54) is 18.2 Å². The Morgan fingerprint density at radius 1 is 1.30 bits per heavy atom. The number of aromatic nitrogens is 2. The van der Waals surface area contributed by atoms with Crippen LogP contribution >= 0.6 is 0 Å². The van der Waals surface area contributed by atoms with Crippen LogP contribution in [-0.2, 0) is 12.5 Å². The molecule has 0 fully saturated rings. The van der Waals surface area contributed by atoms with Gasteiger partial charge in [-0.3, -0.25) is 9.48 Å². The first-order valence-corrected chi connectivity index (χ1v) is 6.39. The second-order valence-electron chi connectivity index (χ2n) is 5.75. The van der Waals surface area contributed by atoms with E-state index < -0.39 is 5.82 Å². The third kappa shape index (κ3) is 3.04. The summed E-state index contributed by atoms with van der Waals surface area (Å²) in [6, 6.07) is 7.42. The van der Waals surface area contributed by atoms with E-state index in [4.69, 9.17) is 0 Å². The van der Waals surface area contributed by atoms with Gasteiger partial charge in [0.1, 0.15) is 11.6 Å². The molecule has 4 nitrogen and oxygen atoms in total. The summed E-state index contributed by atoms with van der Waals surface area (Å²) in [6.45, 7) is 6.15. The van der Waals surface area contributed by atoms with E-state index in [0.29, 0.717) is 5.82 Å². The molecule has 0 bridgehead atoms. The van der Waals surface area contributed by atoms with E-state index in [1.807, 2.05) is 26.8 Å². The average molecular weight is 275 g/mol. The van der Waals surface area contributed by atoms with Gasteiger partial charge in [-0.15, -0.1) is 0 Å². The molecule has 1 aromatic carbocycles. The van der Waals surface area contributed by atoms with Crippen LogP contribution in [0.25, 0.3) is 0 Å². The number of amides is 1. The second kappa shape index (κ2) is 5.07. The number of carbonyl (C=O) groups is 1. The molecule has 0 aliphatic rings. The lowest BCUT2D eigenvalue weighted by atomic mass is 9.92. The zero-order valence-corrected chi connectivity index (χ0v) is 12.1. The Morgan fingerprint density at radius 2 is 2.00 bits per heavy atom. The number of anilines is 1. The number of hydrogen-bond donors (Lipinski definition) is 1. The highest BCUT2D eigenvalue weighted by Gasteiger charge is 2.20. The molecule has 20 heavy (non-hydrogen) atoms. The Kier molecular flexibility index (Phi) is 3.61. The Hall–Kier alpha value is -2.17. The molecule has 1 heterocycles. The van der Waals surface area contributed by atoms with Crippen molar-refractivity contribution in [3.63, 3.8) is 0 Å². The first-order valence-electron chi connectivity index (χ1n) is 6.39. The Labute approximate surface area is 117 Å². The predicted molar refractivity (Wildman–Crippen MR) is 76.3 cm³/mol. The van der Waals surface area contributed by atoms with E-state index in [-0.39, 0.29) is 16.9 Å². The highest BCUT2D eigenvalue weighted by Crippen LogP contribution is 2.23. The highest BCUT2D eigenvalue weighted by atomic mass is 19.1. The van der Waals surface area contributed by atoms with E-state index in [1.54, 1.807) is 17.8 Å². The van der Waals surface area contributed by atoms with Crippen molar-refractivity contribution in [1.29, 1.82) is 0 Å². The van der Waals surface area contributed by atoms with E-state index in [0.717, 1.165) is 5.69 Å². The number of hydrogen-bond acceptors (Lipinski definition) is 2. The number of benzene rings is 1. The molecule has 0 aliphatic heterocycles. The van der Waals surface area contributed by atoms with Crippen molar-refractivity contribution in [3.8, 4) is 0 Å². The van der Waals surface area contributed by atoms with Crippen LogP contribution in [0, 0.1) is 5.82 Å². The van der Waals surface area contributed by atoms with Crippen LogP contribution < -0.4 is 5.32 Å². The minimum atomic E-state index is -0.432. The molecule has 0 aliphatic carbocycles. The predicted octanol–water partition coefficient (Wildman–Crippen LogP) is 3.11. The molecule has 0 saturated carbocycles. The smallest absolute Gasteiger partial charge is 0.256 e. The maximum Gasteiger partial charge on any atom is 0.256 e. The quantitative estimate of drug-likeness (QED) is 0.915. The normalized spacial score (nSPS) is 11.4. The van der Waals surface area contributed by atoms with Gasteiger partial charge in [-0.05, 0) is 18.2 Å². The fraction of sp³-hybridized carbons (Fsp3) is 0.333. The third-order valence-corrected chi connectivity index (χ3v) is 2.98. The monoisotopic (exact) mass is 275 g/mol. The van der Waals surface area contributed by atoms with Crippen molar-refractivity contribution in [1.82, 2.24) is 9.78 Å². The lowest BCUT2D eigenvalue weighted by Crippen LogP contribution is -2.14. The van der Waals surface area contributed by atoms with Gasteiger partial charge in [-0.1, -0.05) is 26.8 Å². The zero-order chi connectivity index (χ0) is 14.9. The third-order valence-electron chi connectivity index (χ3n) is 2.98. The fourth-order valence-electron chi connectivity index (χ4n) is 1.77. The number of carbonyl (C=O) groups excluding carboxylic acids is 1. The number of nitrogens with one attached hydrogen (secondary N) is 1. The van der Waals surface area contributed by atoms with Crippen LogP contribution in [0.15, 0.2) is 30.3 Å². The molecule has 0 unspecified atom stereocenters. The summed E-state index contributed by atoms with van der Waals surface area (Å²) in [5.74, 6) is -0.199. The Morgan fingerprint density at radius 3 is 2.55 bits per heavy atom. The standard InChI is InChI=1S/C15H18FN3O/c1-15(2,3)12-9-13(19(4)18-12)17-14(20)10-6-5-7-11(16)8-10/h5-9H,1-4H3,(H,17,20). The summed E-state index contributed by atoms with van der Waals surface area (Å²) in [5.41, 5.74) is 1.07. The molecule has 2 aromatic rings. The molecule has 1 aromatic heterocycles. The highest BCUT2D eigenvalue weighted by molar-refractivity contribution is 6.03. The topological polar surface area (TPSA) is 46.9 Å². The maximum atomic E-state index is 13.1. The first kappa shape index (κ1) is 14.2. The van der Waals surface area contributed by atoms with Gasteiger partial charge in [0.05, 0.1) is 5.69 Å². The summed E-state index contributed by atoms with van der Waals surface area (Å²) < 4.78 is 14.7. The molecule has 0 atom stereocenters. The van der Waals surface area contributed by atoms with Crippen LogP contribution in [0.4, 0.5) is 10.2 Å². The van der Waals surface area contributed by atoms with E-state index in [9.17, 15) is 9.18 Å². The van der Waals surface area contributed by atoms with Gasteiger partial charge in [0.2, 0.25) is 0 Å². The van der Waals surface area contributed by atoms with Crippen LogP contribution in [0.1, 0.15) is 36.8 Å². The zero-order valence-electron chi connectivity index (χ0n) is 12.1. The first-order chi connectivity index (χ1) is 9.27. The number of halogens is 1. The molecular formula is C15H18FN3O. The van der Waals surface area contributed by atoms with Crippen LogP contribution in [-0.4, -0.2) is 15.7 Å². The maximum absolute atomic E-state index is 13.1. The van der Waals surface area contributed by atoms with Gasteiger partial charge in [-0.2, -0.15) is 5.10 Å². The van der Waals surface area contributed by atoms with Gasteiger partial charge in [0, 0.05) is 24.1 Å². The minimum absolute atomic E-state index is 0.0976. The van der Waals surface area contributed by atoms with Gasteiger partial charge in [0.15, 0.2) is 0 Å². The number of nitrogens with zero attached hydrogens (tertiary/aromatic N) is 2. The molecule has 2 rings (SSSR count). The van der Waals surface area contributed by atoms with Crippen molar-refractivity contribution in [3.05, 3.63) is 47.4 Å². The molecule has 0 spiro atoms. The molecule has 0 radical (unpaired) electrons. The van der Waals surface area contributed by atoms with Gasteiger partial charge in [-0.25, -0.2) is 4.39 Å². The van der Waals surface area contributed by atoms with E-state index in [2.05, 4.69) is 10.4 Å². The Balaban J connectivity index is 2.22.